The number of aromatic nitrogens is 1. The molecule has 0 radical (unpaired) electrons. The molecule has 6 heteroatoms. The first-order valence-electron chi connectivity index (χ1n) is 10.7. The van der Waals surface area contributed by atoms with Crippen LogP contribution in [0.5, 0.6) is 11.5 Å². The Bertz CT molecular complexity index is 1240. The Kier molecular flexibility index (Phi) is 5.77. The molecular formula is C26H24N2O3S. The normalized spacial score (nSPS) is 13.2. The van der Waals surface area contributed by atoms with Crippen molar-refractivity contribution < 1.29 is 14.3 Å². The maximum Gasteiger partial charge on any atom is 0.254 e. The van der Waals surface area contributed by atoms with Gasteiger partial charge in [-0.1, -0.05) is 42.5 Å². The van der Waals surface area contributed by atoms with Gasteiger partial charge in [-0.05, 0) is 42.5 Å². The second-order valence-electron chi connectivity index (χ2n) is 7.89. The monoisotopic (exact) mass is 444 g/mol. The summed E-state index contributed by atoms with van der Waals surface area (Å²) in [6.07, 6.45) is 2.08. The van der Waals surface area contributed by atoms with Gasteiger partial charge in [-0.2, -0.15) is 0 Å². The summed E-state index contributed by atoms with van der Waals surface area (Å²) in [7, 11) is 1.61. The van der Waals surface area contributed by atoms with Crippen molar-refractivity contribution in [3.8, 4) is 11.5 Å². The lowest BCUT2D eigenvalue weighted by atomic mass is 10.1. The Balaban J connectivity index is 1.27. The minimum absolute atomic E-state index is 0.0213. The standard InChI is InChI=1S/C26H24N2O3S/c1-30-22-9-4-8-19(14-22)26(29)28(21-12-13-21)15-20-17-32-25(27-20)16-31-24-11-5-7-18-6-2-3-10-23(18)24/h2-11,14,17,21H,12-13,15-16H2,1H3. The van der Waals surface area contributed by atoms with Crippen LogP contribution in [0, 0.1) is 0 Å². The van der Waals surface area contributed by atoms with Crippen LogP contribution in [-0.2, 0) is 13.2 Å². The van der Waals surface area contributed by atoms with Gasteiger partial charge < -0.3 is 14.4 Å². The maximum atomic E-state index is 13.2. The van der Waals surface area contributed by atoms with Gasteiger partial charge in [0, 0.05) is 22.4 Å². The molecule has 5 nitrogen and oxygen atoms in total. The van der Waals surface area contributed by atoms with Gasteiger partial charge >= 0.3 is 0 Å². The summed E-state index contributed by atoms with van der Waals surface area (Å²) in [6.45, 7) is 0.914. The lowest BCUT2D eigenvalue weighted by Crippen LogP contribution is -2.32. The molecule has 1 heterocycles. The van der Waals surface area contributed by atoms with Crippen LogP contribution < -0.4 is 9.47 Å². The fourth-order valence-electron chi connectivity index (χ4n) is 3.80. The number of methoxy groups -OCH3 is 1. The maximum absolute atomic E-state index is 13.2. The van der Waals surface area contributed by atoms with E-state index in [1.54, 1.807) is 24.5 Å². The van der Waals surface area contributed by atoms with E-state index in [9.17, 15) is 4.79 Å². The summed E-state index contributed by atoms with van der Waals surface area (Å²) >= 11 is 1.57. The quantitative estimate of drug-likeness (QED) is 0.350. The molecule has 1 aromatic heterocycles. The SMILES string of the molecule is COc1cccc(C(=O)N(Cc2csc(COc3cccc4ccccc34)n2)C2CC2)c1. The summed E-state index contributed by atoms with van der Waals surface area (Å²) < 4.78 is 11.4. The predicted octanol–water partition coefficient (Wildman–Crippen LogP) is 5.69. The first-order chi connectivity index (χ1) is 15.7. The van der Waals surface area contributed by atoms with Gasteiger partial charge in [0.1, 0.15) is 23.1 Å². The number of nitrogens with zero attached hydrogens (tertiary/aromatic N) is 2. The Morgan fingerprint density at radius 3 is 2.75 bits per heavy atom. The van der Waals surface area contributed by atoms with Gasteiger partial charge in [0.05, 0.1) is 19.3 Å². The summed E-state index contributed by atoms with van der Waals surface area (Å²) in [5, 5.41) is 5.17. The number of hydrogen-bond acceptors (Lipinski definition) is 5. The highest BCUT2D eigenvalue weighted by Gasteiger charge is 2.33. The van der Waals surface area contributed by atoms with Crippen LogP contribution >= 0.6 is 11.3 Å². The molecule has 32 heavy (non-hydrogen) atoms. The van der Waals surface area contributed by atoms with Crippen molar-refractivity contribution in [2.24, 2.45) is 0 Å². The van der Waals surface area contributed by atoms with Gasteiger partial charge in [0.2, 0.25) is 0 Å². The van der Waals surface area contributed by atoms with Crippen LogP contribution in [0.25, 0.3) is 10.8 Å². The molecule has 0 aliphatic heterocycles. The van der Waals surface area contributed by atoms with Crippen LogP contribution in [0.1, 0.15) is 33.9 Å². The van der Waals surface area contributed by atoms with E-state index in [4.69, 9.17) is 14.5 Å². The number of carbonyl (C=O) groups is 1. The molecule has 1 aliphatic carbocycles. The van der Waals surface area contributed by atoms with Crippen molar-refractivity contribution in [1.82, 2.24) is 9.88 Å². The van der Waals surface area contributed by atoms with Crippen LogP contribution in [0.3, 0.4) is 0 Å². The smallest absolute Gasteiger partial charge is 0.254 e. The number of ether oxygens (including phenoxy) is 2. The Morgan fingerprint density at radius 1 is 1.09 bits per heavy atom. The van der Waals surface area contributed by atoms with Crippen LogP contribution in [0.2, 0.25) is 0 Å². The molecule has 162 valence electrons. The molecule has 0 saturated heterocycles. The molecule has 1 saturated carbocycles. The fraction of sp³-hybridized carbons (Fsp3) is 0.231. The van der Waals surface area contributed by atoms with Crippen molar-refractivity contribution in [3.05, 3.63) is 88.4 Å². The molecule has 1 aliphatic rings. The van der Waals surface area contributed by atoms with Crippen molar-refractivity contribution in [1.29, 1.82) is 0 Å². The van der Waals surface area contributed by atoms with E-state index in [-0.39, 0.29) is 11.9 Å². The first-order valence-corrected chi connectivity index (χ1v) is 11.6. The van der Waals surface area contributed by atoms with Crippen LogP contribution in [-0.4, -0.2) is 28.9 Å². The number of fused-ring (bicyclic) bond motifs is 1. The molecule has 0 unspecified atom stereocenters. The van der Waals surface area contributed by atoms with E-state index in [0.717, 1.165) is 40.1 Å². The molecule has 1 amide bonds. The molecule has 5 rings (SSSR count). The predicted molar refractivity (Wildman–Crippen MR) is 126 cm³/mol. The average molecular weight is 445 g/mol. The van der Waals surface area contributed by atoms with Crippen molar-refractivity contribution in [2.75, 3.05) is 7.11 Å². The van der Waals surface area contributed by atoms with Gasteiger partial charge in [-0.25, -0.2) is 4.98 Å². The van der Waals surface area contributed by atoms with E-state index in [1.807, 2.05) is 52.7 Å². The summed E-state index contributed by atoms with van der Waals surface area (Å²) in [5.74, 6) is 1.56. The minimum Gasteiger partial charge on any atom is -0.497 e. The largest absolute Gasteiger partial charge is 0.497 e. The summed E-state index contributed by atoms with van der Waals surface area (Å²) in [6, 6.07) is 21.9. The third-order valence-electron chi connectivity index (χ3n) is 5.60. The molecule has 0 spiro atoms. The van der Waals surface area contributed by atoms with E-state index < -0.39 is 0 Å². The van der Waals surface area contributed by atoms with Crippen molar-refractivity contribution in [3.63, 3.8) is 0 Å². The first kappa shape index (κ1) is 20.5. The number of thiazole rings is 1. The highest BCUT2D eigenvalue weighted by Crippen LogP contribution is 2.31. The number of hydrogen-bond donors (Lipinski definition) is 0. The molecule has 0 N–H and O–H groups in total. The Morgan fingerprint density at radius 2 is 1.91 bits per heavy atom. The minimum atomic E-state index is 0.0213. The number of carbonyl (C=O) groups excluding carboxylic acids is 1. The van der Waals surface area contributed by atoms with Gasteiger partial charge in [-0.15, -0.1) is 11.3 Å². The highest BCUT2D eigenvalue weighted by atomic mass is 32.1. The average Bonchev–Trinajstić information content (AvgIpc) is 3.59. The zero-order chi connectivity index (χ0) is 21.9. The number of rotatable bonds is 8. The number of amides is 1. The zero-order valence-corrected chi connectivity index (χ0v) is 18.7. The summed E-state index contributed by atoms with van der Waals surface area (Å²) in [5.41, 5.74) is 1.54. The second-order valence-corrected chi connectivity index (χ2v) is 8.84. The molecule has 4 aromatic rings. The van der Waals surface area contributed by atoms with E-state index >= 15 is 0 Å². The Labute approximate surface area is 191 Å². The summed E-state index contributed by atoms with van der Waals surface area (Å²) in [4.78, 5) is 19.8. The van der Waals surface area contributed by atoms with Crippen molar-refractivity contribution >= 4 is 28.0 Å². The number of benzene rings is 3. The van der Waals surface area contributed by atoms with Crippen LogP contribution in [0.15, 0.2) is 72.1 Å². The third kappa shape index (κ3) is 4.46. The second kappa shape index (κ2) is 9.01. The lowest BCUT2D eigenvalue weighted by molar-refractivity contribution is 0.0727. The zero-order valence-electron chi connectivity index (χ0n) is 17.9. The third-order valence-corrected chi connectivity index (χ3v) is 6.47. The van der Waals surface area contributed by atoms with E-state index in [0.29, 0.717) is 24.5 Å². The van der Waals surface area contributed by atoms with Gasteiger partial charge in [0.25, 0.3) is 5.91 Å². The van der Waals surface area contributed by atoms with E-state index in [2.05, 4.69) is 18.2 Å². The molecule has 3 aromatic carbocycles. The van der Waals surface area contributed by atoms with Gasteiger partial charge in [-0.3, -0.25) is 4.79 Å². The Hall–Kier alpha value is -3.38. The fourth-order valence-corrected chi connectivity index (χ4v) is 4.49. The molecular weight excluding hydrogens is 420 g/mol. The van der Waals surface area contributed by atoms with Gasteiger partial charge in [0.15, 0.2) is 0 Å². The lowest BCUT2D eigenvalue weighted by Gasteiger charge is -2.21. The topological polar surface area (TPSA) is 51.7 Å². The molecule has 0 bridgehead atoms. The van der Waals surface area contributed by atoms with E-state index in [1.165, 1.54) is 0 Å². The molecule has 0 atom stereocenters. The van der Waals surface area contributed by atoms with Crippen LogP contribution in [0.4, 0.5) is 0 Å². The molecule has 1 fully saturated rings. The van der Waals surface area contributed by atoms with Crippen molar-refractivity contribution in [2.45, 2.75) is 32.0 Å². The highest BCUT2D eigenvalue weighted by molar-refractivity contribution is 7.09.